The third-order valence-electron chi connectivity index (χ3n) is 6.85. The molecule has 2 aliphatic heterocycles. The SMILES string of the molecule is COCc1nc(-c2ccccc2)nc(N2CCN(C(=O)C3CCOC3)CC2)c1Cc1ccc(Cl)cc1. The molecule has 0 N–H and O–H groups in total. The molecule has 36 heavy (non-hydrogen) atoms. The molecule has 0 bridgehead atoms. The number of methoxy groups -OCH3 is 1. The normalized spacial score (nSPS) is 18.0. The molecule has 3 heterocycles. The van der Waals surface area contributed by atoms with E-state index < -0.39 is 0 Å². The quantitative estimate of drug-likeness (QED) is 0.478. The van der Waals surface area contributed by atoms with Gasteiger partial charge in [0.1, 0.15) is 5.82 Å². The van der Waals surface area contributed by atoms with E-state index in [-0.39, 0.29) is 11.8 Å². The van der Waals surface area contributed by atoms with Crippen molar-refractivity contribution < 1.29 is 14.3 Å². The standard InChI is InChI=1S/C28H31ClN4O3/c1-35-19-25-24(17-20-7-9-23(29)10-8-20)27(31-26(30-25)21-5-3-2-4-6-21)32-12-14-33(15-13-32)28(34)22-11-16-36-18-22/h2-10,22H,11-19H2,1H3. The number of anilines is 1. The molecule has 2 aromatic carbocycles. The predicted molar refractivity (Wildman–Crippen MR) is 140 cm³/mol. The second-order valence-electron chi connectivity index (χ2n) is 9.27. The topological polar surface area (TPSA) is 67.8 Å². The average molecular weight is 507 g/mol. The van der Waals surface area contributed by atoms with Crippen LogP contribution in [0.15, 0.2) is 54.6 Å². The van der Waals surface area contributed by atoms with E-state index in [0.29, 0.717) is 63.3 Å². The molecule has 188 valence electrons. The van der Waals surface area contributed by atoms with Crippen LogP contribution in [0.5, 0.6) is 0 Å². The minimum Gasteiger partial charge on any atom is -0.381 e. The van der Waals surface area contributed by atoms with E-state index in [9.17, 15) is 4.79 Å². The number of nitrogens with zero attached hydrogens (tertiary/aromatic N) is 4. The lowest BCUT2D eigenvalue weighted by Gasteiger charge is -2.37. The van der Waals surface area contributed by atoms with E-state index in [0.717, 1.165) is 34.6 Å². The highest BCUT2D eigenvalue weighted by molar-refractivity contribution is 6.30. The smallest absolute Gasteiger partial charge is 0.228 e. The molecule has 2 fully saturated rings. The summed E-state index contributed by atoms with van der Waals surface area (Å²) in [5.41, 5.74) is 4.01. The molecule has 1 unspecified atom stereocenters. The molecular formula is C28H31ClN4O3. The molecule has 1 atom stereocenters. The van der Waals surface area contributed by atoms with Gasteiger partial charge in [0, 0.05) is 62.5 Å². The van der Waals surface area contributed by atoms with Crippen LogP contribution in [-0.4, -0.2) is 67.3 Å². The van der Waals surface area contributed by atoms with Gasteiger partial charge in [0.05, 0.1) is 24.8 Å². The van der Waals surface area contributed by atoms with Crippen LogP contribution >= 0.6 is 11.6 Å². The Morgan fingerprint density at radius 2 is 1.81 bits per heavy atom. The van der Waals surface area contributed by atoms with Gasteiger partial charge in [-0.05, 0) is 24.1 Å². The summed E-state index contributed by atoms with van der Waals surface area (Å²) in [6, 6.07) is 17.9. The van der Waals surface area contributed by atoms with Crippen molar-refractivity contribution in [1.29, 1.82) is 0 Å². The van der Waals surface area contributed by atoms with Crippen molar-refractivity contribution in [2.24, 2.45) is 5.92 Å². The summed E-state index contributed by atoms with van der Waals surface area (Å²) >= 11 is 6.13. The number of hydrogen-bond acceptors (Lipinski definition) is 6. The number of halogens is 1. The molecule has 0 saturated carbocycles. The third-order valence-corrected chi connectivity index (χ3v) is 7.10. The number of aromatic nitrogens is 2. The fraction of sp³-hybridized carbons (Fsp3) is 0.393. The highest BCUT2D eigenvalue weighted by atomic mass is 35.5. The number of piperazine rings is 1. The Morgan fingerprint density at radius 1 is 1.06 bits per heavy atom. The van der Waals surface area contributed by atoms with Crippen LogP contribution in [0.1, 0.15) is 23.2 Å². The average Bonchev–Trinajstić information content (AvgIpc) is 3.46. The van der Waals surface area contributed by atoms with Gasteiger partial charge in [-0.15, -0.1) is 0 Å². The third kappa shape index (κ3) is 5.53. The zero-order chi connectivity index (χ0) is 24.9. The lowest BCUT2D eigenvalue weighted by molar-refractivity contribution is -0.135. The first-order valence-electron chi connectivity index (χ1n) is 12.4. The van der Waals surface area contributed by atoms with E-state index in [2.05, 4.69) is 4.90 Å². The minimum absolute atomic E-state index is 0.00550. The monoisotopic (exact) mass is 506 g/mol. The minimum atomic E-state index is -0.00550. The van der Waals surface area contributed by atoms with Gasteiger partial charge in [0.25, 0.3) is 0 Å². The summed E-state index contributed by atoms with van der Waals surface area (Å²) in [5.74, 6) is 1.79. The maximum atomic E-state index is 12.9. The van der Waals surface area contributed by atoms with Crippen molar-refractivity contribution >= 4 is 23.3 Å². The highest BCUT2D eigenvalue weighted by Gasteiger charge is 2.31. The van der Waals surface area contributed by atoms with Gasteiger partial charge >= 0.3 is 0 Å². The van der Waals surface area contributed by atoms with Crippen molar-refractivity contribution in [3.8, 4) is 11.4 Å². The van der Waals surface area contributed by atoms with Crippen LogP contribution in [0.4, 0.5) is 5.82 Å². The molecule has 0 aliphatic carbocycles. The van der Waals surface area contributed by atoms with Gasteiger partial charge in [0.2, 0.25) is 5.91 Å². The molecule has 2 aliphatic rings. The van der Waals surface area contributed by atoms with Crippen molar-refractivity contribution in [2.45, 2.75) is 19.4 Å². The van der Waals surface area contributed by atoms with E-state index in [4.69, 9.17) is 31.0 Å². The summed E-state index contributed by atoms with van der Waals surface area (Å²) < 4.78 is 11.0. The number of amides is 1. The van der Waals surface area contributed by atoms with Crippen molar-refractivity contribution in [1.82, 2.24) is 14.9 Å². The Bertz CT molecular complexity index is 1180. The zero-order valence-corrected chi connectivity index (χ0v) is 21.3. The van der Waals surface area contributed by atoms with Crippen molar-refractivity contribution in [2.75, 3.05) is 51.4 Å². The summed E-state index contributed by atoms with van der Waals surface area (Å²) in [5, 5.41) is 0.709. The van der Waals surface area contributed by atoms with Crippen LogP contribution in [0.3, 0.4) is 0 Å². The molecule has 2 saturated heterocycles. The van der Waals surface area contributed by atoms with Crippen LogP contribution in [0, 0.1) is 5.92 Å². The van der Waals surface area contributed by atoms with Gasteiger partial charge < -0.3 is 19.3 Å². The Balaban J connectivity index is 1.48. The van der Waals surface area contributed by atoms with E-state index >= 15 is 0 Å². The first kappa shape index (κ1) is 24.7. The van der Waals surface area contributed by atoms with E-state index in [1.165, 1.54) is 0 Å². The summed E-state index contributed by atoms with van der Waals surface area (Å²) in [7, 11) is 1.69. The lowest BCUT2D eigenvalue weighted by Crippen LogP contribution is -2.51. The Kier molecular flexibility index (Phi) is 7.80. The Morgan fingerprint density at radius 3 is 2.47 bits per heavy atom. The first-order chi connectivity index (χ1) is 17.6. The van der Waals surface area contributed by atoms with E-state index in [1.807, 2.05) is 59.5 Å². The molecule has 5 rings (SSSR count). The summed E-state index contributed by atoms with van der Waals surface area (Å²) in [4.78, 5) is 27.2. The van der Waals surface area contributed by atoms with Crippen LogP contribution in [-0.2, 0) is 27.3 Å². The van der Waals surface area contributed by atoms with Gasteiger partial charge in [-0.1, -0.05) is 54.1 Å². The molecule has 8 heteroatoms. The second kappa shape index (κ2) is 11.4. The van der Waals surface area contributed by atoms with Crippen LogP contribution in [0.25, 0.3) is 11.4 Å². The van der Waals surface area contributed by atoms with Gasteiger partial charge in [-0.3, -0.25) is 4.79 Å². The predicted octanol–water partition coefficient (Wildman–Crippen LogP) is 4.22. The molecule has 7 nitrogen and oxygen atoms in total. The van der Waals surface area contributed by atoms with E-state index in [1.54, 1.807) is 7.11 Å². The fourth-order valence-electron chi connectivity index (χ4n) is 4.86. The number of ether oxygens (including phenoxy) is 2. The van der Waals surface area contributed by atoms with Gasteiger partial charge in [-0.25, -0.2) is 9.97 Å². The molecule has 0 radical (unpaired) electrons. The molecule has 3 aromatic rings. The van der Waals surface area contributed by atoms with Crippen LogP contribution in [0.2, 0.25) is 5.02 Å². The lowest BCUT2D eigenvalue weighted by atomic mass is 10.0. The van der Waals surface area contributed by atoms with Crippen molar-refractivity contribution in [3.63, 3.8) is 0 Å². The Hall–Kier alpha value is -3.00. The van der Waals surface area contributed by atoms with Gasteiger partial charge in [-0.2, -0.15) is 0 Å². The number of carbonyl (C=O) groups excluding carboxylic acids is 1. The van der Waals surface area contributed by atoms with Crippen molar-refractivity contribution in [3.05, 3.63) is 76.4 Å². The zero-order valence-electron chi connectivity index (χ0n) is 20.5. The molecule has 1 aromatic heterocycles. The fourth-order valence-corrected chi connectivity index (χ4v) is 4.99. The summed E-state index contributed by atoms with van der Waals surface area (Å²) in [6.45, 7) is 4.36. The first-order valence-corrected chi connectivity index (χ1v) is 12.8. The maximum Gasteiger partial charge on any atom is 0.228 e. The van der Waals surface area contributed by atoms with Crippen LogP contribution < -0.4 is 4.90 Å². The number of benzene rings is 2. The summed E-state index contributed by atoms with van der Waals surface area (Å²) in [6.07, 6.45) is 1.48. The second-order valence-corrected chi connectivity index (χ2v) is 9.71. The number of carbonyl (C=O) groups is 1. The maximum absolute atomic E-state index is 12.9. The number of hydrogen-bond donors (Lipinski definition) is 0. The van der Waals surface area contributed by atoms with Gasteiger partial charge in [0.15, 0.2) is 5.82 Å². The molecule has 0 spiro atoms. The highest BCUT2D eigenvalue weighted by Crippen LogP contribution is 2.30. The number of rotatable bonds is 7. The molecule has 1 amide bonds. The largest absolute Gasteiger partial charge is 0.381 e. The Labute approximate surface area is 217 Å². The molecular weight excluding hydrogens is 476 g/mol.